The van der Waals surface area contributed by atoms with Gasteiger partial charge in [0.05, 0.1) is 17.2 Å². The van der Waals surface area contributed by atoms with Crippen molar-refractivity contribution in [3.05, 3.63) is 41.0 Å². The van der Waals surface area contributed by atoms with Gasteiger partial charge in [-0.15, -0.1) is 0 Å². The van der Waals surface area contributed by atoms with Gasteiger partial charge in [-0.3, -0.25) is 4.79 Å². The van der Waals surface area contributed by atoms with E-state index in [4.69, 9.17) is 13.8 Å². The predicted molar refractivity (Wildman–Crippen MR) is 116 cm³/mol. The summed E-state index contributed by atoms with van der Waals surface area (Å²) < 4.78 is 17.5. The number of aryl methyl sites for hydroxylation is 1. The van der Waals surface area contributed by atoms with Gasteiger partial charge in [-0.1, -0.05) is 44.1 Å². The van der Waals surface area contributed by atoms with E-state index in [1.807, 2.05) is 80.5 Å². The minimum atomic E-state index is -0.414. The number of benzene rings is 1. The Morgan fingerprint density at radius 3 is 2.23 bits per heavy atom. The maximum Gasteiger partial charge on any atom is 0.494 e. The smallest absolute Gasteiger partial charge is 0.399 e. The molecule has 0 radical (unpaired) electrons. The van der Waals surface area contributed by atoms with Crippen LogP contribution in [0.15, 0.2) is 22.7 Å². The average molecular weight is 413 g/mol. The van der Waals surface area contributed by atoms with Crippen LogP contribution in [0.2, 0.25) is 0 Å². The number of nitrogens with one attached hydrogen (secondary N) is 1. The monoisotopic (exact) mass is 413 g/mol. The molecule has 162 valence electrons. The first-order valence-electron chi connectivity index (χ1n) is 10.3. The topological polar surface area (TPSA) is 86.5 Å². The summed E-state index contributed by atoms with van der Waals surface area (Å²) in [6, 6.07) is 5.81. The van der Waals surface area contributed by atoms with Crippen molar-refractivity contribution >= 4 is 18.5 Å². The first kappa shape index (κ1) is 22.5. The van der Waals surface area contributed by atoms with Crippen LogP contribution in [-0.2, 0) is 14.7 Å². The number of carbonyl (C=O) groups is 1. The lowest BCUT2D eigenvalue weighted by atomic mass is 9.77. The summed E-state index contributed by atoms with van der Waals surface area (Å²) in [7, 11) is -0.414. The summed E-state index contributed by atoms with van der Waals surface area (Å²) >= 11 is 0. The van der Waals surface area contributed by atoms with Crippen molar-refractivity contribution in [2.75, 3.05) is 0 Å². The second kappa shape index (κ2) is 7.50. The number of hydrogen-bond donors (Lipinski definition) is 1. The van der Waals surface area contributed by atoms with Crippen LogP contribution >= 0.6 is 0 Å². The molecule has 1 saturated heterocycles. The molecule has 1 amide bonds. The molecule has 7 nitrogen and oxygen atoms in total. The van der Waals surface area contributed by atoms with Gasteiger partial charge in [0.1, 0.15) is 0 Å². The molecule has 3 rings (SSSR count). The Morgan fingerprint density at radius 1 is 1.13 bits per heavy atom. The Balaban J connectivity index is 1.72. The highest BCUT2D eigenvalue weighted by Gasteiger charge is 2.51. The highest BCUT2D eigenvalue weighted by molar-refractivity contribution is 6.62. The highest BCUT2D eigenvalue weighted by atomic mass is 16.7. The van der Waals surface area contributed by atoms with Crippen molar-refractivity contribution in [1.82, 2.24) is 15.5 Å². The van der Waals surface area contributed by atoms with Gasteiger partial charge in [0.15, 0.2) is 0 Å². The molecule has 8 heteroatoms. The Kier molecular flexibility index (Phi) is 5.62. The van der Waals surface area contributed by atoms with Crippen LogP contribution in [0.3, 0.4) is 0 Å². The number of carbonyl (C=O) groups excluding carboxylic acids is 1. The average Bonchev–Trinajstić information content (AvgIpc) is 3.18. The van der Waals surface area contributed by atoms with Crippen molar-refractivity contribution in [1.29, 1.82) is 0 Å². The summed E-state index contributed by atoms with van der Waals surface area (Å²) in [6.07, 6.45) is 0. The Morgan fingerprint density at radius 2 is 1.73 bits per heavy atom. The fourth-order valence-corrected chi connectivity index (χ4v) is 3.27. The van der Waals surface area contributed by atoms with Crippen LogP contribution in [0.4, 0.5) is 0 Å². The molecule has 30 heavy (non-hydrogen) atoms. The normalized spacial score (nSPS) is 19.0. The van der Waals surface area contributed by atoms with E-state index in [-0.39, 0.29) is 34.4 Å². The predicted octanol–water partition coefficient (Wildman–Crippen LogP) is 3.47. The van der Waals surface area contributed by atoms with Crippen LogP contribution in [0.5, 0.6) is 0 Å². The van der Waals surface area contributed by atoms with E-state index in [9.17, 15) is 4.79 Å². The van der Waals surface area contributed by atoms with E-state index in [2.05, 4.69) is 15.5 Å². The van der Waals surface area contributed by atoms with Crippen molar-refractivity contribution in [2.45, 2.75) is 85.0 Å². The van der Waals surface area contributed by atoms with Gasteiger partial charge in [0, 0.05) is 5.41 Å². The molecule has 0 spiro atoms. The minimum absolute atomic E-state index is 0.0401. The van der Waals surface area contributed by atoms with Gasteiger partial charge >= 0.3 is 7.12 Å². The molecule has 1 aliphatic rings. The van der Waals surface area contributed by atoms with Gasteiger partial charge in [0.2, 0.25) is 5.89 Å². The molecule has 1 atom stereocenters. The number of aromatic nitrogens is 2. The van der Waals surface area contributed by atoms with Gasteiger partial charge in [-0.25, -0.2) is 0 Å². The molecule has 0 unspecified atom stereocenters. The van der Waals surface area contributed by atoms with Crippen LogP contribution < -0.4 is 10.8 Å². The fourth-order valence-electron chi connectivity index (χ4n) is 3.27. The van der Waals surface area contributed by atoms with E-state index in [1.165, 1.54) is 0 Å². The van der Waals surface area contributed by atoms with Gasteiger partial charge < -0.3 is 19.1 Å². The molecule has 0 aliphatic carbocycles. The van der Waals surface area contributed by atoms with Crippen molar-refractivity contribution in [3.8, 4) is 0 Å². The van der Waals surface area contributed by atoms with E-state index >= 15 is 0 Å². The third-order valence-electron chi connectivity index (χ3n) is 5.90. The van der Waals surface area contributed by atoms with Gasteiger partial charge in [0.25, 0.3) is 11.7 Å². The minimum Gasteiger partial charge on any atom is -0.399 e. The molecular formula is C22H32BN3O4. The van der Waals surface area contributed by atoms with Gasteiger partial charge in [-0.05, 0) is 58.1 Å². The fraction of sp³-hybridized carbons (Fsp3) is 0.591. The lowest BCUT2D eigenvalue weighted by Gasteiger charge is -2.32. The zero-order valence-corrected chi connectivity index (χ0v) is 19.4. The molecule has 2 heterocycles. The second-order valence-corrected chi connectivity index (χ2v) is 10.1. The third-order valence-corrected chi connectivity index (χ3v) is 5.90. The Hall–Kier alpha value is -2.19. The quantitative estimate of drug-likeness (QED) is 0.773. The van der Waals surface area contributed by atoms with Gasteiger partial charge in [-0.2, -0.15) is 4.98 Å². The van der Waals surface area contributed by atoms with E-state index in [1.54, 1.807) is 0 Å². The van der Waals surface area contributed by atoms with Crippen LogP contribution in [0, 0.1) is 6.92 Å². The van der Waals surface area contributed by atoms with E-state index in [0.717, 1.165) is 16.6 Å². The zero-order valence-electron chi connectivity index (χ0n) is 19.4. The second-order valence-electron chi connectivity index (χ2n) is 10.1. The molecule has 1 aromatic carbocycles. The van der Waals surface area contributed by atoms with Crippen LogP contribution in [0.25, 0.3) is 0 Å². The standard InChI is InChI=1S/C22H32BN3O4/c1-13-12-15(23-29-21(6,7)22(8,9)30-23)10-11-16(13)14(2)24-18(27)17-25-19(28-26-17)20(3,4)5/h10-12,14H,1-9H3,(H,24,27)/t14-/m1/s1. The largest absolute Gasteiger partial charge is 0.494 e. The molecule has 1 aromatic heterocycles. The number of hydrogen-bond acceptors (Lipinski definition) is 6. The molecule has 1 aliphatic heterocycles. The maximum atomic E-state index is 12.6. The van der Waals surface area contributed by atoms with Crippen LogP contribution in [-0.4, -0.2) is 34.4 Å². The Bertz CT molecular complexity index is 930. The summed E-state index contributed by atoms with van der Waals surface area (Å²) in [4.78, 5) is 16.8. The lowest BCUT2D eigenvalue weighted by Crippen LogP contribution is -2.41. The number of amides is 1. The molecule has 1 fully saturated rings. The molecular weight excluding hydrogens is 381 g/mol. The van der Waals surface area contributed by atoms with Crippen molar-refractivity contribution in [2.24, 2.45) is 0 Å². The first-order chi connectivity index (χ1) is 13.7. The van der Waals surface area contributed by atoms with E-state index in [0.29, 0.717) is 5.89 Å². The summed E-state index contributed by atoms with van der Waals surface area (Å²) in [6.45, 7) is 18.0. The molecule has 1 N–H and O–H groups in total. The summed E-state index contributed by atoms with van der Waals surface area (Å²) in [5.41, 5.74) is 1.92. The van der Waals surface area contributed by atoms with E-state index < -0.39 is 7.12 Å². The Labute approximate surface area is 179 Å². The highest BCUT2D eigenvalue weighted by Crippen LogP contribution is 2.36. The number of nitrogens with zero attached hydrogens (tertiary/aromatic N) is 2. The summed E-state index contributed by atoms with van der Waals surface area (Å²) in [5.74, 6) is 0.109. The first-order valence-corrected chi connectivity index (χ1v) is 10.3. The molecule has 0 saturated carbocycles. The van der Waals surface area contributed by atoms with Crippen molar-refractivity contribution in [3.63, 3.8) is 0 Å². The molecule has 2 aromatic rings. The SMILES string of the molecule is Cc1cc(B2OC(C)(C)C(C)(C)O2)ccc1[C@@H](C)NC(=O)c1noc(C(C)(C)C)n1. The molecule has 0 bridgehead atoms. The van der Waals surface area contributed by atoms with Crippen LogP contribution in [0.1, 0.15) is 89.1 Å². The number of rotatable bonds is 4. The van der Waals surface area contributed by atoms with Crippen molar-refractivity contribution < 1.29 is 18.6 Å². The maximum absolute atomic E-state index is 12.6. The zero-order chi connectivity index (χ0) is 22.5. The lowest BCUT2D eigenvalue weighted by molar-refractivity contribution is 0.00578. The third kappa shape index (κ3) is 4.30. The summed E-state index contributed by atoms with van der Waals surface area (Å²) in [5, 5.41) is 6.76.